The van der Waals surface area contributed by atoms with E-state index in [1.165, 1.54) is 0 Å². The van der Waals surface area contributed by atoms with Gasteiger partial charge in [-0.2, -0.15) is 0 Å². The normalized spacial score (nSPS) is 17.7. The van der Waals surface area contributed by atoms with E-state index in [2.05, 4.69) is 0 Å². The van der Waals surface area contributed by atoms with E-state index in [9.17, 15) is 4.79 Å². The molecule has 0 saturated carbocycles. The Bertz CT molecular complexity index is 216. The van der Waals surface area contributed by atoms with Gasteiger partial charge < -0.3 is 5.11 Å². The minimum absolute atomic E-state index is 0.230. The number of aliphatic carboxylic acids is 1. The average molecular weight is 159 g/mol. The fourth-order valence-corrected chi connectivity index (χ4v) is 1.08. The Labute approximate surface area is 63.8 Å². The topological polar surface area (TPSA) is 37.3 Å². The predicted octanol–water partition coefficient (Wildman–Crippen LogP) is 1.91. The molecule has 1 aliphatic carbocycles. The number of rotatable bonds is 1. The second kappa shape index (κ2) is 2.88. The zero-order valence-electron chi connectivity index (χ0n) is 5.30. The Balaban J connectivity index is 2.90. The minimum atomic E-state index is -0.944. The van der Waals surface area contributed by atoms with Crippen LogP contribution in [-0.4, -0.2) is 11.1 Å². The highest BCUT2D eigenvalue weighted by Gasteiger charge is 2.11. The summed E-state index contributed by atoms with van der Waals surface area (Å²) in [5.74, 6) is -0.944. The van der Waals surface area contributed by atoms with Crippen molar-refractivity contribution in [3.63, 3.8) is 0 Å². The Morgan fingerprint density at radius 2 is 2.40 bits per heavy atom. The van der Waals surface area contributed by atoms with E-state index >= 15 is 0 Å². The molecule has 0 bridgehead atoms. The van der Waals surface area contributed by atoms with E-state index in [0.29, 0.717) is 11.5 Å². The zero-order valence-corrected chi connectivity index (χ0v) is 6.06. The first-order valence-electron chi connectivity index (χ1n) is 3.00. The fraction of sp³-hybridized carbons (Fsp3) is 0.286. The van der Waals surface area contributed by atoms with E-state index in [-0.39, 0.29) is 5.57 Å². The summed E-state index contributed by atoms with van der Waals surface area (Å²) in [5, 5.41) is 8.97. The van der Waals surface area contributed by atoms with Crippen molar-refractivity contribution >= 4 is 17.6 Å². The first kappa shape index (κ1) is 7.35. The summed E-state index contributed by atoms with van der Waals surface area (Å²) in [6.45, 7) is 0. The number of carboxylic acids is 1. The minimum Gasteiger partial charge on any atom is -0.478 e. The molecule has 0 heterocycles. The highest BCUT2D eigenvalue weighted by Crippen LogP contribution is 2.21. The van der Waals surface area contributed by atoms with Gasteiger partial charge in [-0.05, 0) is 12.8 Å². The number of hydrogen-bond donors (Lipinski definition) is 1. The molecule has 0 atom stereocenters. The van der Waals surface area contributed by atoms with Crippen LogP contribution in [0.15, 0.2) is 22.8 Å². The van der Waals surface area contributed by atoms with Crippen LogP contribution in [0.1, 0.15) is 12.8 Å². The van der Waals surface area contributed by atoms with Gasteiger partial charge in [0.1, 0.15) is 0 Å². The smallest absolute Gasteiger partial charge is 0.336 e. The highest BCUT2D eigenvalue weighted by atomic mass is 35.5. The van der Waals surface area contributed by atoms with Crippen LogP contribution in [-0.2, 0) is 4.79 Å². The maximum absolute atomic E-state index is 10.4. The summed E-state index contributed by atoms with van der Waals surface area (Å²) in [5.41, 5.74) is 0.230. The zero-order chi connectivity index (χ0) is 7.56. The largest absolute Gasteiger partial charge is 0.478 e. The van der Waals surface area contributed by atoms with Crippen molar-refractivity contribution in [2.45, 2.75) is 12.8 Å². The lowest BCUT2D eigenvalue weighted by molar-refractivity contribution is -0.132. The number of hydrogen-bond acceptors (Lipinski definition) is 1. The van der Waals surface area contributed by atoms with Gasteiger partial charge in [0.05, 0.1) is 5.57 Å². The molecule has 0 radical (unpaired) electrons. The van der Waals surface area contributed by atoms with Crippen LogP contribution in [0.5, 0.6) is 0 Å². The van der Waals surface area contributed by atoms with Crippen molar-refractivity contribution in [2.24, 2.45) is 0 Å². The van der Waals surface area contributed by atoms with Crippen molar-refractivity contribution in [1.29, 1.82) is 0 Å². The molecule has 10 heavy (non-hydrogen) atoms. The average Bonchev–Trinajstić information content (AvgIpc) is 1.88. The van der Waals surface area contributed by atoms with Crippen LogP contribution in [0, 0.1) is 0 Å². The fourth-order valence-electron chi connectivity index (χ4n) is 0.824. The van der Waals surface area contributed by atoms with E-state index < -0.39 is 5.97 Å². The summed E-state index contributed by atoms with van der Waals surface area (Å²) >= 11 is 5.63. The van der Waals surface area contributed by atoms with Gasteiger partial charge in [-0.25, -0.2) is 4.79 Å². The maximum Gasteiger partial charge on any atom is 0.336 e. The van der Waals surface area contributed by atoms with Gasteiger partial charge in [0.25, 0.3) is 0 Å². The molecule has 2 nitrogen and oxygen atoms in total. The molecule has 0 unspecified atom stereocenters. The SMILES string of the molecule is O=C(O)C1=C(Cl)CCC=C1. The summed E-state index contributed by atoms with van der Waals surface area (Å²) in [7, 11) is 0. The third-order valence-corrected chi connectivity index (χ3v) is 1.73. The molecule has 1 N–H and O–H groups in total. The molecule has 1 aliphatic rings. The van der Waals surface area contributed by atoms with Gasteiger partial charge in [-0.15, -0.1) is 0 Å². The van der Waals surface area contributed by atoms with Gasteiger partial charge in [-0.3, -0.25) is 0 Å². The maximum atomic E-state index is 10.4. The number of halogens is 1. The molecule has 0 aliphatic heterocycles. The van der Waals surface area contributed by atoms with Crippen LogP contribution < -0.4 is 0 Å². The van der Waals surface area contributed by atoms with Crippen LogP contribution in [0.4, 0.5) is 0 Å². The second-order valence-electron chi connectivity index (χ2n) is 2.06. The molecule has 0 aromatic heterocycles. The lowest BCUT2D eigenvalue weighted by Gasteiger charge is -2.04. The lowest BCUT2D eigenvalue weighted by atomic mass is 10.1. The quantitative estimate of drug-likeness (QED) is 0.633. The molecule has 3 heteroatoms. The van der Waals surface area contributed by atoms with Crippen molar-refractivity contribution < 1.29 is 9.90 Å². The molecular weight excluding hydrogens is 152 g/mol. The van der Waals surface area contributed by atoms with Crippen molar-refractivity contribution in [2.75, 3.05) is 0 Å². The summed E-state index contributed by atoms with van der Waals surface area (Å²) < 4.78 is 0. The molecular formula is C7H7ClO2. The molecule has 0 saturated heterocycles. The van der Waals surface area contributed by atoms with Gasteiger partial charge in [0, 0.05) is 5.03 Å². The Kier molecular flexibility index (Phi) is 2.12. The molecule has 0 spiro atoms. The molecule has 0 aromatic carbocycles. The number of carboxylic acid groups (broad SMARTS) is 1. The number of carbonyl (C=O) groups is 1. The van der Waals surface area contributed by atoms with Crippen LogP contribution in [0.25, 0.3) is 0 Å². The molecule has 0 aromatic rings. The third kappa shape index (κ3) is 1.39. The van der Waals surface area contributed by atoms with Crippen LogP contribution >= 0.6 is 11.6 Å². The lowest BCUT2D eigenvalue weighted by Crippen LogP contribution is -2.02. The van der Waals surface area contributed by atoms with Crippen LogP contribution in [0.2, 0.25) is 0 Å². The van der Waals surface area contributed by atoms with Gasteiger partial charge in [-0.1, -0.05) is 23.8 Å². The Morgan fingerprint density at radius 1 is 1.70 bits per heavy atom. The molecule has 1 rings (SSSR count). The second-order valence-corrected chi connectivity index (χ2v) is 2.52. The highest BCUT2D eigenvalue weighted by molar-refractivity contribution is 6.32. The van der Waals surface area contributed by atoms with Crippen molar-refractivity contribution in [1.82, 2.24) is 0 Å². The van der Waals surface area contributed by atoms with Crippen molar-refractivity contribution in [3.05, 3.63) is 22.8 Å². The molecule has 54 valence electrons. The van der Waals surface area contributed by atoms with E-state index in [1.54, 1.807) is 6.08 Å². The summed E-state index contributed by atoms with van der Waals surface area (Å²) in [6, 6.07) is 0. The molecule has 0 fully saturated rings. The monoisotopic (exact) mass is 158 g/mol. The first-order valence-corrected chi connectivity index (χ1v) is 3.38. The van der Waals surface area contributed by atoms with Crippen LogP contribution in [0.3, 0.4) is 0 Å². The van der Waals surface area contributed by atoms with Gasteiger partial charge >= 0.3 is 5.97 Å². The Morgan fingerprint density at radius 3 is 2.80 bits per heavy atom. The van der Waals surface area contributed by atoms with E-state index in [1.807, 2.05) is 6.08 Å². The third-order valence-electron chi connectivity index (χ3n) is 1.34. The van der Waals surface area contributed by atoms with E-state index in [4.69, 9.17) is 16.7 Å². The Hall–Kier alpha value is -0.760. The summed E-state index contributed by atoms with van der Waals surface area (Å²) in [4.78, 5) is 10.4. The summed E-state index contributed by atoms with van der Waals surface area (Å²) in [6.07, 6.45) is 4.86. The van der Waals surface area contributed by atoms with Gasteiger partial charge in [0.2, 0.25) is 0 Å². The first-order chi connectivity index (χ1) is 4.72. The predicted molar refractivity (Wildman–Crippen MR) is 38.9 cm³/mol. The molecule has 0 amide bonds. The standard InChI is InChI=1S/C7H7ClO2/c8-6-4-2-1-3-5(6)7(9)10/h1,3H,2,4H2,(H,9,10). The van der Waals surface area contributed by atoms with E-state index in [0.717, 1.165) is 6.42 Å². The van der Waals surface area contributed by atoms with Crippen molar-refractivity contribution in [3.8, 4) is 0 Å². The number of allylic oxidation sites excluding steroid dienone is 2. The van der Waals surface area contributed by atoms with Gasteiger partial charge in [0.15, 0.2) is 0 Å².